The molecule has 1 amide bonds. The maximum Gasteiger partial charge on any atom is 0.217 e. The van der Waals surface area contributed by atoms with Crippen molar-refractivity contribution in [2.45, 2.75) is 6.92 Å². The zero-order chi connectivity index (χ0) is 14.2. The first kappa shape index (κ1) is 13.9. The number of hydrogen-bond donors (Lipinski definition) is 2. The molecule has 2 aromatic carbocycles. The predicted octanol–water partition coefficient (Wildman–Crippen LogP) is 3.58. The third-order valence-electron chi connectivity index (χ3n) is 2.75. The number of anilines is 2. The van der Waals surface area contributed by atoms with E-state index in [1.165, 1.54) is 6.92 Å². The second-order valence-corrected chi connectivity index (χ2v) is 4.45. The van der Waals surface area contributed by atoms with E-state index in [1.54, 1.807) is 0 Å². The van der Waals surface area contributed by atoms with Gasteiger partial charge >= 0.3 is 0 Å². The minimum absolute atomic E-state index is 0.0166. The van der Waals surface area contributed by atoms with Crippen molar-refractivity contribution in [3.63, 3.8) is 0 Å². The van der Waals surface area contributed by atoms with Crippen molar-refractivity contribution in [3.8, 4) is 0 Å². The number of rotatable bonds is 5. The number of nitrogens with one attached hydrogen (secondary N) is 2. The van der Waals surface area contributed by atoms with E-state index in [0.29, 0.717) is 6.54 Å². The molecule has 0 spiro atoms. The minimum Gasteiger partial charge on any atom is -0.356 e. The fraction of sp³-hybridized carbons (Fsp3) is 0.118. The van der Waals surface area contributed by atoms with E-state index in [-0.39, 0.29) is 5.91 Å². The predicted molar refractivity (Wildman–Crippen MR) is 83.9 cm³/mol. The van der Waals surface area contributed by atoms with Gasteiger partial charge < -0.3 is 10.6 Å². The molecule has 2 rings (SSSR count). The van der Waals surface area contributed by atoms with Crippen molar-refractivity contribution in [3.05, 3.63) is 66.2 Å². The van der Waals surface area contributed by atoms with Gasteiger partial charge in [-0.05, 0) is 29.8 Å². The Hall–Kier alpha value is -2.55. The largest absolute Gasteiger partial charge is 0.356 e. The molecule has 0 bridgehead atoms. The van der Waals surface area contributed by atoms with Crippen LogP contribution >= 0.6 is 0 Å². The zero-order valence-electron chi connectivity index (χ0n) is 11.5. The van der Waals surface area contributed by atoms with E-state index in [9.17, 15) is 4.79 Å². The maximum atomic E-state index is 10.7. The number of para-hydroxylation sites is 1. The van der Waals surface area contributed by atoms with Crippen LogP contribution in [0, 0.1) is 0 Å². The van der Waals surface area contributed by atoms with Crippen LogP contribution < -0.4 is 10.6 Å². The Morgan fingerprint density at radius 1 is 1.00 bits per heavy atom. The van der Waals surface area contributed by atoms with Gasteiger partial charge in [0.15, 0.2) is 0 Å². The molecule has 0 heterocycles. The molecule has 3 nitrogen and oxygen atoms in total. The van der Waals surface area contributed by atoms with Crippen LogP contribution in [0.15, 0.2) is 60.7 Å². The van der Waals surface area contributed by atoms with Crippen LogP contribution in [0.2, 0.25) is 0 Å². The van der Waals surface area contributed by atoms with Gasteiger partial charge in [-0.1, -0.05) is 42.5 Å². The van der Waals surface area contributed by atoms with Crippen LogP contribution in [0.5, 0.6) is 0 Å². The summed E-state index contributed by atoms with van der Waals surface area (Å²) in [5.41, 5.74) is 3.23. The fourth-order valence-electron chi connectivity index (χ4n) is 1.76. The molecule has 0 saturated carbocycles. The lowest BCUT2D eigenvalue weighted by atomic mass is 10.2. The van der Waals surface area contributed by atoms with Gasteiger partial charge in [-0.15, -0.1) is 0 Å². The Morgan fingerprint density at radius 3 is 2.30 bits per heavy atom. The summed E-state index contributed by atoms with van der Waals surface area (Å²) < 4.78 is 0. The lowest BCUT2D eigenvalue weighted by Crippen LogP contribution is -2.19. The topological polar surface area (TPSA) is 41.1 Å². The van der Waals surface area contributed by atoms with Crippen molar-refractivity contribution in [1.82, 2.24) is 5.32 Å². The first-order valence-corrected chi connectivity index (χ1v) is 6.57. The van der Waals surface area contributed by atoms with Gasteiger partial charge in [-0.3, -0.25) is 4.79 Å². The molecule has 0 unspecified atom stereocenters. The van der Waals surface area contributed by atoms with Gasteiger partial charge in [-0.2, -0.15) is 0 Å². The summed E-state index contributed by atoms with van der Waals surface area (Å²) in [6.45, 7) is 2.07. The van der Waals surface area contributed by atoms with Crippen molar-refractivity contribution in [2.24, 2.45) is 0 Å². The van der Waals surface area contributed by atoms with Crippen LogP contribution in [0.25, 0.3) is 6.08 Å². The van der Waals surface area contributed by atoms with Crippen LogP contribution in [0.3, 0.4) is 0 Å². The summed E-state index contributed by atoms with van der Waals surface area (Å²) in [5, 5.41) is 6.05. The Bertz CT molecular complexity index is 574. The number of benzene rings is 2. The van der Waals surface area contributed by atoms with Crippen molar-refractivity contribution >= 4 is 23.4 Å². The summed E-state index contributed by atoms with van der Waals surface area (Å²) in [6, 6.07) is 18.2. The highest BCUT2D eigenvalue weighted by atomic mass is 16.1. The van der Waals surface area contributed by atoms with E-state index >= 15 is 0 Å². The first-order chi connectivity index (χ1) is 9.74. The van der Waals surface area contributed by atoms with E-state index in [1.807, 2.05) is 66.7 Å². The molecular formula is C17H18N2O. The van der Waals surface area contributed by atoms with Gasteiger partial charge in [0.25, 0.3) is 0 Å². The van der Waals surface area contributed by atoms with E-state index in [2.05, 4.69) is 10.6 Å². The molecule has 0 fully saturated rings. The maximum absolute atomic E-state index is 10.7. The second kappa shape index (κ2) is 7.14. The first-order valence-electron chi connectivity index (χ1n) is 6.57. The fourth-order valence-corrected chi connectivity index (χ4v) is 1.76. The summed E-state index contributed by atoms with van der Waals surface area (Å²) in [7, 11) is 0. The summed E-state index contributed by atoms with van der Waals surface area (Å²) in [5.74, 6) is -0.0166. The highest BCUT2D eigenvalue weighted by molar-refractivity contribution is 5.73. The number of hydrogen-bond acceptors (Lipinski definition) is 2. The van der Waals surface area contributed by atoms with Crippen LogP contribution in [0.4, 0.5) is 11.4 Å². The molecule has 102 valence electrons. The average Bonchev–Trinajstić information content (AvgIpc) is 2.46. The van der Waals surface area contributed by atoms with Gasteiger partial charge in [-0.25, -0.2) is 0 Å². The molecule has 20 heavy (non-hydrogen) atoms. The molecule has 0 atom stereocenters. The van der Waals surface area contributed by atoms with Gasteiger partial charge in [0, 0.05) is 24.8 Å². The molecule has 0 aromatic heterocycles. The van der Waals surface area contributed by atoms with Crippen LogP contribution in [-0.4, -0.2) is 12.5 Å². The standard InChI is InChI=1S/C17H18N2O/c1-14(20)18-13-5-6-15-9-11-17(12-10-15)19-16-7-3-2-4-8-16/h2-12,19H,13H2,1H3,(H,18,20). The number of amides is 1. The third kappa shape index (κ3) is 4.61. The molecular weight excluding hydrogens is 248 g/mol. The van der Waals surface area contributed by atoms with Crippen LogP contribution in [0.1, 0.15) is 12.5 Å². The smallest absolute Gasteiger partial charge is 0.217 e. The monoisotopic (exact) mass is 266 g/mol. The summed E-state index contributed by atoms with van der Waals surface area (Å²) in [4.78, 5) is 10.7. The lowest BCUT2D eigenvalue weighted by Gasteiger charge is -2.06. The normalized spacial score (nSPS) is 10.4. The zero-order valence-corrected chi connectivity index (χ0v) is 11.5. The lowest BCUT2D eigenvalue weighted by molar-refractivity contribution is -0.118. The average molecular weight is 266 g/mol. The quantitative estimate of drug-likeness (QED) is 0.868. The van der Waals surface area contributed by atoms with E-state index in [4.69, 9.17) is 0 Å². The van der Waals surface area contributed by atoms with Gasteiger partial charge in [0.1, 0.15) is 0 Å². The summed E-state index contributed by atoms with van der Waals surface area (Å²) in [6.07, 6.45) is 3.92. The van der Waals surface area contributed by atoms with Gasteiger partial charge in [0.05, 0.1) is 0 Å². The Labute approximate surface area is 119 Å². The Kier molecular flexibility index (Phi) is 4.95. The number of carbonyl (C=O) groups is 1. The van der Waals surface area contributed by atoms with Crippen LogP contribution in [-0.2, 0) is 4.79 Å². The SMILES string of the molecule is CC(=O)NCC=Cc1ccc(Nc2ccccc2)cc1. The molecule has 0 aliphatic carbocycles. The summed E-state index contributed by atoms with van der Waals surface area (Å²) >= 11 is 0. The van der Waals surface area contributed by atoms with E-state index < -0.39 is 0 Å². The molecule has 0 radical (unpaired) electrons. The van der Waals surface area contributed by atoms with Crippen molar-refractivity contribution in [1.29, 1.82) is 0 Å². The molecule has 3 heteroatoms. The molecule has 0 saturated heterocycles. The molecule has 2 aromatic rings. The Morgan fingerprint density at radius 2 is 1.65 bits per heavy atom. The molecule has 0 aliphatic rings. The highest BCUT2D eigenvalue weighted by Gasteiger charge is 1.93. The Balaban J connectivity index is 1.91. The number of carbonyl (C=O) groups excluding carboxylic acids is 1. The minimum atomic E-state index is -0.0166. The molecule has 0 aliphatic heterocycles. The highest BCUT2D eigenvalue weighted by Crippen LogP contribution is 2.16. The molecule has 2 N–H and O–H groups in total. The second-order valence-electron chi connectivity index (χ2n) is 4.45. The van der Waals surface area contributed by atoms with Crippen molar-refractivity contribution in [2.75, 3.05) is 11.9 Å². The van der Waals surface area contributed by atoms with E-state index in [0.717, 1.165) is 16.9 Å². The van der Waals surface area contributed by atoms with Crippen molar-refractivity contribution < 1.29 is 4.79 Å². The third-order valence-corrected chi connectivity index (χ3v) is 2.75. The van der Waals surface area contributed by atoms with Gasteiger partial charge in [0.2, 0.25) is 5.91 Å².